The number of nitrogens with two attached hydrogens (primary N) is 1. The highest BCUT2D eigenvalue weighted by Crippen LogP contribution is 2.32. The lowest BCUT2D eigenvalue weighted by Crippen LogP contribution is -2.39. The second-order valence-electron chi connectivity index (χ2n) is 6.83. The van der Waals surface area contributed by atoms with Gasteiger partial charge in [-0.15, -0.1) is 0 Å². The van der Waals surface area contributed by atoms with Crippen molar-refractivity contribution in [3.63, 3.8) is 0 Å². The molecule has 1 aliphatic carbocycles. The summed E-state index contributed by atoms with van der Waals surface area (Å²) in [6, 6.07) is 12.7. The average Bonchev–Trinajstić information content (AvgIpc) is 3.19. The molecule has 2 aromatic rings. The zero-order valence-corrected chi connectivity index (χ0v) is 15.9. The van der Waals surface area contributed by atoms with E-state index in [4.69, 9.17) is 15.2 Å². The highest BCUT2D eigenvalue weighted by molar-refractivity contribution is 5.94. The van der Waals surface area contributed by atoms with Gasteiger partial charge >= 0.3 is 0 Å². The Hall–Kier alpha value is -2.73. The van der Waals surface area contributed by atoms with Crippen molar-refractivity contribution < 1.29 is 14.3 Å². The van der Waals surface area contributed by atoms with Gasteiger partial charge in [-0.2, -0.15) is 0 Å². The van der Waals surface area contributed by atoms with Crippen LogP contribution in [0.25, 0.3) is 0 Å². The monoisotopic (exact) mass is 369 g/mol. The molecule has 1 amide bonds. The fraction of sp³-hybridized carbons (Fsp3) is 0.381. The quantitative estimate of drug-likeness (QED) is 0.578. The molecule has 0 bridgehead atoms. The third-order valence-electron chi connectivity index (χ3n) is 4.81. The molecule has 6 heteroatoms. The number of hydrogen-bond acceptors (Lipinski definition) is 5. The molecule has 144 valence electrons. The number of hydrazine groups is 1. The number of amides is 1. The predicted octanol–water partition coefficient (Wildman–Crippen LogP) is 3.38. The number of benzene rings is 2. The van der Waals surface area contributed by atoms with Gasteiger partial charge in [0.2, 0.25) is 0 Å². The summed E-state index contributed by atoms with van der Waals surface area (Å²) in [4.78, 5) is 12.5. The van der Waals surface area contributed by atoms with Crippen LogP contribution in [0.3, 0.4) is 0 Å². The van der Waals surface area contributed by atoms with Gasteiger partial charge in [0.15, 0.2) is 11.5 Å². The van der Waals surface area contributed by atoms with Crippen LogP contribution in [0.15, 0.2) is 42.5 Å². The van der Waals surface area contributed by atoms with Crippen LogP contribution in [-0.2, 0) is 6.54 Å². The normalized spacial score (nSPS) is 14.1. The Bertz CT molecular complexity index is 771. The Labute approximate surface area is 160 Å². The van der Waals surface area contributed by atoms with E-state index in [1.54, 1.807) is 38.4 Å². The van der Waals surface area contributed by atoms with E-state index < -0.39 is 0 Å². The van der Waals surface area contributed by atoms with E-state index in [1.165, 1.54) is 17.9 Å². The summed E-state index contributed by atoms with van der Waals surface area (Å²) in [7, 11) is 3.35. The summed E-state index contributed by atoms with van der Waals surface area (Å²) < 4.78 is 11.5. The second-order valence-corrected chi connectivity index (χ2v) is 6.83. The molecule has 3 rings (SSSR count). The van der Waals surface area contributed by atoms with E-state index in [-0.39, 0.29) is 12.0 Å². The molecule has 2 aromatic carbocycles. The van der Waals surface area contributed by atoms with Crippen LogP contribution in [0.5, 0.6) is 11.5 Å². The molecular formula is C21H27N3O3. The molecule has 1 saturated carbocycles. The molecule has 0 aliphatic heterocycles. The van der Waals surface area contributed by atoms with Crippen molar-refractivity contribution in [3.8, 4) is 11.5 Å². The van der Waals surface area contributed by atoms with Crippen LogP contribution in [0.4, 0.5) is 5.69 Å². The lowest BCUT2D eigenvalue weighted by atomic mass is 10.2. The average molecular weight is 369 g/mol. The summed E-state index contributed by atoms with van der Waals surface area (Å²) in [5.74, 6) is 1.37. The Morgan fingerprint density at radius 1 is 1.15 bits per heavy atom. The third-order valence-corrected chi connectivity index (χ3v) is 4.81. The predicted molar refractivity (Wildman–Crippen MR) is 106 cm³/mol. The number of carbonyl (C=O) groups excluding carboxylic acids is 1. The molecule has 1 fully saturated rings. The first-order valence-corrected chi connectivity index (χ1v) is 9.27. The SMILES string of the molecule is COc1ccc(CNN(C)C(=O)c2ccc(N)cc2)cc1OC1CCCC1. The molecule has 0 spiro atoms. The first kappa shape index (κ1) is 19.0. The number of anilines is 1. The highest BCUT2D eigenvalue weighted by Gasteiger charge is 2.19. The standard InChI is InChI=1S/C21H27N3O3/c1-24(21(25)16-8-10-17(22)11-9-16)23-14-15-7-12-19(26-2)20(13-15)27-18-5-3-4-6-18/h7-13,18,23H,3-6,14,22H2,1-2H3. The first-order valence-electron chi connectivity index (χ1n) is 9.27. The maximum absolute atomic E-state index is 12.5. The molecule has 6 nitrogen and oxygen atoms in total. The highest BCUT2D eigenvalue weighted by atomic mass is 16.5. The van der Waals surface area contributed by atoms with E-state index in [0.29, 0.717) is 17.8 Å². The van der Waals surface area contributed by atoms with Crippen LogP contribution in [-0.4, -0.2) is 31.2 Å². The summed E-state index contributed by atoms with van der Waals surface area (Å²) in [5, 5.41) is 1.48. The Morgan fingerprint density at radius 3 is 2.52 bits per heavy atom. The second kappa shape index (κ2) is 8.77. The number of hydrogen-bond donors (Lipinski definition) is 2. The topological polar surface area (TPSA) is 76.8 Å². The fourth-order valence-electron chi connectivity index (χ4n) is 3.21. The van der Waals surface area contributed by atoms with Gasteiger partial charge in [-0.3, -0.25) is 9.80 Å². The molecule has 0 heterocycles. The minimum Gasteiger partial charge on any atom is -0.493 e. The molecule has 0 atom stereocenters. The summed E-state index contributed by atoms with van der Waals surface area (Å²) in [6.45, 7) is 0.502. The van der Waals surface area contributed by atoms with E-state index >= 15 is 0 Å². The molecule has 0 aromatic heterocycles. The lowest BCUT2D eigenvalue weighted by Gasteiger charge is -2.20. The number of nitrogen functional groups attached to an aromatic ring is 1. The van der Waals surface area contributed by atoms with Crippen LogP contribution < -0.4 is 20.6 Å². The maximum atomic E-state index is 12.5. The number of nitrogens with one attached hydrogen (secondary N) is 1. The van der Waals surface area contributed by atoms with Gasteiger partial charge in [0.1, 0.15) is 0 Å². The van der Waals surface area contributed by atoms with E-state index in [0.717, 1.165) is 29.9 Å². The number of ether oxygens (including phenoxy) is 2. The van der Waals surface area contributed by atoms with Crippen molar-refractivity contribution in [3.05, 3.63) is 53.6 Å². The number of methoxy groups -OCH3 is 1. The van der Waals surface area contributed by atoms with Gasteiger partial charge in [-0.05, 0) is 67.6 Å². The number of nitrogens with zero attached hydrogens (tertiary/aromatic N) is 1. The summed E-state index contributed by atoms with van der Waals surface area (Å²) >= 11 is 0. The van der Waals surface area contributed by atoms with Crippen LogP contribution >= 0.6 is 0 Å². The Balaban J connectivity index is 1.62. The minimum atomic E-state index is -0.119. The van der Waals surface area contributed by atoms with Gasteiger partial charge in [-0.1, -0.05) is 6.07 Å². The van der Waals surface area contributed by atoms with Crippen LogP contribution in [0.1, 0.15) is 41.6 Å². The molecule has 1 aliphatic rings. The lowest BCUT2D eigenvalue weighted by molar-refractivity contribution is 0.0712. The van der Waals surface area contributed by atoms with E-state index in [9.17, 15) is 4.79 Å². The van der Waals surface area contributed by atoms with Crippen molar-refractivity contribution in [1.82, 2.24) is 10.4 Å². The zero-order chi connectivity index (χ0) is 19.2. The van der Waals surface area contributed by atoms with E-state index in [1.807, 2.05) is 18.2 Å². The van der Waals surface area contributed by atoms with Crippen molar-refractivity contribution in [2.45, 2.75) is 38.3 Å². The summed E-state index contributed by atoms with van der Waals surface area (Å²) in [6.07, 6.45) is 4.87. The van der Waals surface area contributed by atoms with Crippen molar-refractivity contribution in [1.29, 1.82) is 0 Å². The Kier molecular flexibility index (Phi) is 6.19. The van der Waals surface area contributed by atoms with Crippen LogP contribution in [0.2, 0.25) is 0 Å². The molecule has 27 heavy (non-hydrogen) atoms. The van der Waals surface area contributed by atoms with Gasteiger partial charge in [-0.25, -0.2) is 5.43 Å². The van der Waals surface area contributed by atoms with Gasteiger partial charge in [0, 0.05) is 24.8 Å². The zero-order valence-electron chi connectivity index (χ0n) is 15.9. The largest absolute Gasteiger partial charge is 0.493 e. The molecule has 3 N–H and O–H groups in total. The number of carbonyl (C=O) groups is 1. The Morgan fingerprint density at radius 2 is 1.85 bits per heavy atom. The molecular weight excluding hydrogens is 342 g/mol. The van der Waals surface area contributed by atoms with Crippen molar-refractivity contribution in [2.75, 3.05) is 19.9 Å². The third kappa shape index (κ3) is 4.92. The maximum Gasteiger partial charge on any atom is 0.267 e. The molecule has 0 saturated heterocycles. The van der Waals surface area contributed by atoms with Crippen molar-refractivity contribution in [2.24, 2.45) is 0 Å². The number of rotatable bonds is 7. The van der Waals surface area contributed by atoms with Crippen molar-refractivity contribution >= 4 is 11.6 Å². The molecule has 0 unspecified atom stereocenters. The van der Waals surface area contributed by atoms with E-state index in [2.05, 4.69) is 5.43 Å². The van der Waals surface area contributed by atoms with Crippen LogP contribution in [0, 0.1) is 0 Å². The van der Waals surface area contributed by atoms with Gasteiger partial charge < -0.3 is 15.2 Å². The fourth-order valence-corrected chi connectivity index (χ4v) is 3.21. The van der Waals surface area contributed by atoms with Gasteiger partial charge in [0.05, 0.1) is 13.2 Å². The smallest absolute Gasteiger partial charge is 0.267 e. The van der Waals surface area contributed by atoms with Gasteiger partial charge in [0.25, 0.3) is 5.91 Å². The minimum absolute atomic E-state index is 0.119. The first-order chi connectivity index (χ1) is 13.1. The summed E-state index contributed by atoms with van der Waals surface area (Å²) in [5.41, 5.74) is 11.0. The molecule has 0 radical (unpaired) electrons.